The third-order valence-corrected chi connectivity index (χ3v) is 2.42. The van der Waals surface area contributed by atoms with Gasteiger partial charge in [-0.25, -0.2) is 4.39 Å². The molecular formula is C10H10BrClFN. The molecule has 1 aromatic carbocycles. The van der Waals surface area contributed by atoms with Crippen molar-refractivity contribution in [2.75, 3.05) is 17.7 Å². The first kappa shape index (κ1) is 11.5. The fraction of sp³-hybridized carbons (Fsp3) is 0.200. The second-order valence-corrected chi connectivity index (χ2v) is 3.80. The van der Waals surface area contributed by atoms with Gasteiger partial charge >= 0.3 is 0 Å². The number of allylic oxidation sites excluding steroid dienone is 1. The molecule has 0 saturated carbocycles. The largest absolute Gasteiger partial charge is 0.381 e. The first-order valence-electron chi connectivity index (χ1n) is 4.14. The van der Waals surface area contributed by atoms with E-state index in [4.69, 9.17) is 11.6 Å². The van der Waals surface area contributed by atoms with Crippen LogP contribution in [-0.2, 0) is 0 Å². The van der Waals surface area contributed by atoms with E-state index in [0.29, 0.717) is 16.9 Å². The molecule has 0 heterocycles. The zero-order valence-electron chi connectivity index (χ0n) is 7.43. The highest BCUT2D eigenvalue weighted by Crippen LogP contribution is 2.18. The van der Waals surface area contributed by atoms with Crippen LogP contribution in [-0.4, -0.2) is 12.4 Å². The summed E-state index contributed by atoms with van der Waals surface area (Å²) in [5.74, 6) is 0.229. The number of nitrogens with one attached hydrogen (secondary N) is 1. The number of alkyl halides is 1. The molecule has 0 aliphatic carbocycles. The van der Waals surface area contributed by atoms with Gasteiger partial charge in [0.15, 0.2) is 0 Å². The first-order chi connectivity index (χ1) is 6.74. The summed E-state index contributed by atoms with van der Waals surface area (Å²) in [6.07, 6.45) is 3.73. The molecule has 0 amide bonds. The second-order valence-electron chi connectivity index (χ2n) is 2.64. The standard InChI is InChI=1S/C10H10BrClFN/c11-9-4-3-8(7-10(9)13)14-6-2-1-5-12/h1-4,7,14H,5-6H2/b2-1+. The quantitative estimate of drug-likeness (QED) is 0.652. The van der Waals surface area contributed by atoms with E-state index < -0.39 is 0 Å². The van der Waals surface area contributed by atoms with Gasteiger partial charge in [0.25, 0.3) is 0 Å². The maximum atomic E-state index is 13.0. The molecule has 0 spiro atoms. The normalized spacial score (nSPS) is 10.8. The summed E-state index contributed by atoms with van der Waals surface area (Å²) < 4.78 is 13.5. The molecule has 4 heteroatoms. The number of anilines is 1. The molecule has 0 aliphatic rings. The Balaban J connectivity index is 2.51. The van der Waals surface area contributed by atoms with Gasteiger partial charge < -0.3 is 5.32 Å². The maximum absolute atomic E-state index is 13.0. The molecule has 0 bridgehead atoms. The van der Waals surface area contributed by atoms with E-state index in [1.165, 1.54) is 6.07 Å². The Kier molecular flexibility index (Phi) is 4.98. The van der Waals surface area contributed by atoms with Crippen LogP contribution in [0.5, 0.6) is 0 Å². The lowest BCUT2D eigenvalue weighted by Gasteiger charge is -2.03. The van der Waals surface area contributed by atoms with E-state index in [9.17, 15) is 4.39 Å². The second kappa shape index (κ2) is 6.04. The minimum atomic E-state index is -0.267. The van der Waals surface area contributed by atoms with Crippen LogP contribution in [0.25, 0.3) is 0 Å². The maximum Gasteiger partial charge on any atom is 0.139 e. The van der Waals surface area contributed by atoms with Crippen molar-refractivity contribution in [1.82, 2.24) is 0 Å². The topological polar surface area (TPSA) is 12.0 Å². The SMILES string of the molecule is Fc1cc(NC/C=C/CCl)ccc1Br. The summed E-state index contributed by atoms with van der Waals surface area (Å²) in [6, 6.07) is 4.92. The van der Waals surface area contributed by atoms with Crippen LogP contribution in [0, 0.1) is 5.82 Å². The Labute approximate surface area is 96.1 Å². The van der Waals surface area contributed by atoms with E-state index in [1.807, 2.05) is 18.2 Å². The number of benzene rings is 1. The van der Waals surface area contributed by atoms with Gasteiger partial charge in [-0.1, -0.05) is 12.2 Å². The highest BCUT2D eigenvalue weighted by Gasteiger charge is 1.98. The smallest absolute Gasteiger partial charge is 0.139 e. The molecule has 0 aromatic heterocycles. The molecule has 0 fully saturated rings. The van der Waals surface area contributed by atoms with Crippen molar-refractivity contribution < 1.29 is 4.39 Å². The van der Waals surface area contributed by atoms with Crippen molar-refractivity contribution in [1.29, 1.82) is 0 Å². The van der Waals surface area contributed by atoms with Crippen LogP contribution >= 0.6 is 27.5 Å². The average molecular weight is 279 g/mol. The van der Waals surface area contributed by atoms with Gasteiger partial charge in [-0.2, -0.15) is 0 Å². The van der Waals surface area contributed by atoms with E-state index in [0.717, 1.165) is 5.69 Å². The lowest BCUT2D eigenvalue weighted by Crippen LogP contribution is -1.98. The Morgan fingerprint density at radius 1 is 1.43 bits per heavy atom. The summed E-state index contributed by atoms with van der Waals surface area (Å²) in [5.41, 5.74) is 0.755. The van der Waals surface area contributed by atoms with Gasteiger partial charge in [0.2, 0.25) is 0 Å². The van der Waals surface area contributed by atoms with Crippen LogP contribution in [0.4, 0.5) is 10.1 Å². The molecule has 0 saturated heterocycles. The predicted molar refractivity (Wildman–Crippen MR) is 62.4 cm³/mol. The molecule has 1 aromatic rings. The van der Waals surface area contributed by atoms with Crippen molar-refractivity contribution >= 4 is 33.2 Å². The molecule has 0 radical (unpaired) electrons. The van der Waals surface area contributed by atoms with Gasteiger partial charge in [0.1, 0.15) is 5.82 Å². The molecule has 1 rings (SSSR count). The third-order valence-electron chi connectivity index (χ3n) is 1.60. The van der Waals surface area contributed by atoms with Crippen molar-refractivity contribution in [2.24, 2.45) is 0 Å². The van der Waals surface area contributed by atoms with Crippen molar-refractivity contribution in [2.45, 2.75) is 0 Å². The summed E-state index contributed by atoms with van der Waals surface area (Å²) in [6.45, 7) is 0.647. The third kappa shape index (κ3) is 3.68. The minimum absolute atomic E-state index is 0.267. The van der Waals surface area contributed by atoms with Gasteiger partial charge in [-0.15, -0.1) is 11.6 Å². The molecule has 1 nitrogen and oxygen atoms in total. The van der Waals surface area contributed by atoms with Crippen molar-refractivity contribution in [3.8, 4) is 0 Å². The molecule has 0 unspecified atom stereocenters. The average Bonchev–Trinajstić information content (AvgIpc) is 2.18. The van der Waals surface area contributed by atoms with Gasteiger partial charge in [0.05, 0.1) is 4.47 Å². The Morgan fingerprint density at radius 2 is 2.21 bits per heavy atom. The highest BCUT2D eigenvalue weighted by molar-refractivity contribution is 9.10. The lowest BCUT2D eigenvalue weighted by molar-refractivity contribution is 0.621. The molecule has 1 N–H and O–H groups in total. The van der Waals surface area contributed by atoms with E-state index in [-0.39, 0.29) is 5.82 Å². The molecule has 0 aliphatic heterocycles. The lowest BCUT2D eigenvalue weighted by atomic mass is 10.3. The van der Waals surface area contributed by atoms with Crippen LogP contribution in [0.15, 0.2) is 34.8 Å². The zero-order valence-corrected chi connectivity index (χ0v) is 9.78. The number of rotatable bonds is 4. The molecule has 76 valence electrons. The Bertz CT molecular complexity index is 328. The van der Waals surface area contributed by atoms with Crippen molar-refractivity contribution in [3.63, 3.8) is 0 Å². The van der Waals surface area contributed by atoms with Crippen LogP contribution in [0.1, 0.15) is 0 Å². The minimum Gasteiger partial charge on any atom is -0.381 e. The monoisotopic (exact) mass is 277 g/mol. The number of hydrogen-bond donors (Lipinski definition) is 1. The van der Waals surface area contributed by atoms with Crippen LogP contribution in [0.3, 0.4) is 0 Å². The summed E-state index contributed by atoms with van der Waals surface area (Å²) in [4.78, 5) is 0. The van der Waals surface area contributed by atoms with E-state index in [1.54, 1.807) is 6.07 Å². The van der Waals surface area contributed by atoms with Gasteiger partial charge in [0, 0.05) is 18.1 Å². The van der Waals surface area contributed by atoms with E-state index in [2.05, 4.69) is 21.2 Å². The summed E-state index contributed by atoms with van der Waals surface area (Å²) in [5, 5.41) is 3.04. The van der Waals surface area contributed by atoms with Crippen LogP contribution < -0.4 is 5.32 Å². The Morgan fingerprint density at radius 3 is 2.86 bits per heavy atom. The molecule has 14 heavy (non-hydrogen) atoms. The molecule has 0 atom stereocenters. The van der Waals surface area contributed by atoms with E-state index >= 15 is 0 Å². The van der Waals surface area contributed by atoms with Gasteiger partial charge in [-0.3, -0.25) is 0 Å². The predicted octanol–water partition coefficient (Wildman–Crippen LogP) is 3.80. The Hall–Kier alpha value is -0.540. The van der Waals surface area contributed by atoms with Crippen molar-refractivity contribution in [3.05, 3.63) is 40.6 Å². The fourth-order valence-electron chi connectivity index (χ4n) is 0.929. The first-order valence-corrected chi connectivity index (χ1v) is 5.46. The van der Waals surface area contributed by atoms with Crippen LogP contribution in [0.2, 0.25) is 0 Å². The fourth-order valence-corrected chi connectivity index (χ4v) is 1.30. The molecular weight excluding hydrogens is 268 g/mol. The van der Waals surface area contributed by atoms with Gasteiger partial charge in [-0.05, 0) is 34.1 Å². The summed E-state index contributed by atoms with van der Waals surface area (Å²) >= 11 is 8.54. The number of hydrogen-bond acceptors (Lipinski definition) is 1. The summed E-state index contributed by atoms with van der Waals surface area (Å²) in [7, 11) is 0. The highest BCUT2D eigenvalue weighted by atomic mass is 79.9. The zero-order chi connectivity index (χ0) is 10.4. The number of halogens is 3.